The van der Waals surface area contributed by atoms with Gasteiger partial charge in [0, 0.05) is 15.8 Å². The Balaban J connectivity index is 1.80. The molecule has 0 unspecified atom stereocenters. The fourth-order valence-electron chi connectivity index (χ4n) is 3.27. The second-order valence-electron chi connectivity index (χ2n) is 5.88. The largest absolute Gasteiger partial charge is 0.346 e. The summed E-state index contributed by atoms with van der Waals surface area (Å²) in [6.07, 6.45) is 1.09. The molecule has 2 aliphatic rings. The third-order valence-electron chi connectivity index (χ3n) is 4.42. The Bertz CT molecular complexity index is 747. The van der Waals surface area contributed by atoms with Crippen molar-refractivity contribution in [3.05, 3.63) is 64.6 Å². The second-order valence-corrected chi connectivity index (χ2v) is 7.86. The maximum absolute atomic E-state index is 11.5. The molecular formula is C18H18BrN2OS+. The maximum Gasteiger partial charge on any atom is 0.316 e. The van der Waals surface area contributed by atoms with Crippen LogP contribution in [0.4, 0.5) is 5.69 Å². The summed E-state index contributed by atoms with van der Waals surface area (Å²) in [6.45, 7) is 1.44. The van der Waals surface area contributed by atoms with Gasteiger partial charge in [0.25, 0.3) is 5.72 Å². The Kier molecular flexibility index (Phi) is 3.95. The van der Waals surface area contributed by atoms with Crippen LogP contribution >= 0.6 is 27.7 Å². The minimum atomic E-state index is -0.973. The molecule has 0 radical (unpaired) electrons. The predicted molar refractivity (Wildman–Crippen MR) is 99.0 cm³/mol. The number of thioether (sulfide) groups is 1. The minimum absolute atomic E-state index is 0.557. The number of benzene rings is 2. The monoisotopic (exact) mass is 389 g/mol. The van der Waals surface area contributed by atoms with E-state index in [-0.39, 0.29) is 0 Å². The van der Waals surface area contributed by atoms with E-state index in [1.807, 2.05) is 54.2 Å². The van der Waals surface area contributed by atoms with Crippen LogP contribution in [0, 0.1) is 0 Å². The Morgan fingerprint density at radius 1 is 1.09 bits per heavy atom. The number of para-hydroxylation sites is 1. The molecule has 23 heavy (non-hydrogen) atoms. The topological polar surface area (TPSA) is 26.5 Å². The molecule has 0 aromatic heterocycles. The van der Waals surface area contributed by atoms with Gasteiger partial charge in [-0.05, 0) is 42.4 Å². The molecule has 0 saturated carbocycles. The number of nitrogens with zero attached hydrogens (tertiary/aromatic N) is 2. The van der Waals surface area contributed by atoms with Crippen LogP contribution in [0.1, 0.15) is 12.0 Å². The lowest BCUT2D eigenvalue weighted by Crippen LogP contribution is -2.41. The zero-order valence-corrected chi connectivity index (χ0v) is 15.1. The van der Waals surface area contributed by atoms with Crippen molar-refractivity contribution in [2.24, 2.45) is 0 Å². The summed E-state index contributed by atoms with van der Waals surface area (Å²) < 4.78 is 3.19. The van der Waals surface area contributed by atoms with Gasteiger partial charge in [0.15, 0.2) is 6.54 Å². The number of hydrogen-bond acceptors (Lipinski definition) is 3. The molecule has 2 aromatic carbocycles. The number of hydrogen-bond donors (Lipinski definition) is 1. The Labute approximate surface area is 148 Å². The molecule has 0 fully saturated rings. The van der Waals surface area contributed by atoms with Crippen molar-refractivity contribution in [3.8, 4) is 0 Å². The number of anilines is 1. The van der Waals surface area contributed by atoms with E-state index in [2.05, 4.69) is 37.5 Å². The van der Waals surface area contributed by atoms with Crippen molar-refractivity contribution < 1.29 is 9.68 Å². The Morgan fingerprint density at radius 3 is 2.57 bits per heavy atom. The van der Waals surface area contributed by atoms with Gasteiger partial charge in [0.1, 0.15) is 5.69 Å². The Morgan fingerprint density at radius 2 is 1.83 bits per heavy atom. The lowest BCUT2D eigenvalue weighted by atomic mass is 10.0. The molecule has 118 valence electrons. The lowest BCUT2D eigenvalue weighted by Gasteiger charge is -2.24. The van der Waals surface area contributed by atoms with Gasteiger partial charge in [0.05, 0.1) is 6.54 Å². The Hall–Kier alpha value is -1.30. The summed E-state index contributed by atoms with van der Waals surface area (Å²) in [5.41, 5.74) is 1.10. The van der Waals surface area contributed by atoms with Crippen LogP contribution < -0.4 is 4.90 Å². The average molecular weight is 390 g/mol. The van der Waals surface area contributed by atoms with Crippen LogP contribution in [0.5, 0.6) is 0 Å². The first-order valence-corrected chi connectivity index (χ1v) is 9.55. The molecule has 2 aromatic rings. The van der Waals surface area contributed by atoms with E-state index in [4.69, 9.17) is 0 Å². The third-order valence-corrected chi connectivity index (χ3v) is 6.14. The zero-order chi connectivity index (χ0) is 15.9. The van der Waals surface area contributed by atoms with Crippen molar-refractivity contribution >= 4 is 38.5 Å². The van der Waals surface area contributed by atoms with Gasteiger partial charge in [-0.15, -0.1) is 0 Å². The van der Waals surface area contributed by atoms with Crippen LogP contribution in [0.3, 0.4) is 0 Å². The highest BCUT2D eigenvalue weighted by molar-refractivity contribution is 9.10. The third kappa shape index (κ3) is 2.61. The van der Waals surface area contributed by atoms with Crippen molar-refractivity contribution in [2.75, 3.05) is 23.7 Å². The number of rotatable bonds is 2. The summed E-state index contributed by atoms with van der Waals surface area (Å²) in [4.78, 5) is 2.24. The molecule has 5 heteroatoms. The van der Waals surface area contributed by atoms with E-state index in [0.717, 1.165) is 39.6 Å². The molecule has 1 atom stereocenters. The SMILES string of the molecule is O[C@@]1(c2ccc(Br)cc2)CN(c2ccccc2)C2=[N+]1CCCS2. The van der Waals surface area contributed by atoms with E-state index in [1.54, 1.807) is 0 Å². The van der Waals surface area contributed by atoms with E-state index >= 15 is 0 Å². The van der Waals surface area contributed by atoms with Crippen LogP contribution in [-0.4, -0.2) is 33.7 Å². The number of β-amino-alcohol motifs (C(OH)–C–C–N with tert-alkyl or cyclic N) is 1. The molecule has 0 bridgehead atoms. The quantitative estimate of drug-likeness (QED) is 0.794. The predicted octanol–water partition coefficient (Wildman–Crippen LogP) is 3.62. The van der Waals surface area contributed by atoms with Crippen LogP contribution in [-0.2, 0) is 5.72 Å². The summed E-state index contributed by atoms with van der Waals surface area (Å²) in [6, 6.07) is 18.3. The first-order chi connectivity index (χ1) is 11.2. The fraction of sp³-hybridized carbons (Fsp3) is 0.278. The zero-order valence-electron chi connectivity index (χ0n) is 12.7. The van der Waals surface area contributed by atoms with E-state index in [9.17, 15) is 5.11 Å². The van der Waals surface area contributed by atoms with Gasteiger partial charge < -0.3 is 5.11 Å². The molecule has 0 saturated heterocycles. The van der Waals surface area contributed by atoms with Crippen molar-refractivity contribution in [1.29, 1.82) is 0 Å². The number of aliphatic hydroxyl groups is 1. The molecular weight excluding hydrogens is 372 g/mol. The lowest BCUT2D eigenvalue weighted by molar-refractivity contribution is -0.656. The van der Waals surface area contributed by atoms with Crippen molar-refractivity contribution in [1.82, 2.24) is 0 Å². The molecule has 2 heterocycles. The van der Waals surface area contributed by atoms with Gasteiger partial charge in [-0.1, -0.05) is 46.3 Å². The summed E-state index contributed by atoms with van der Waals surface area (Å²) in [5, 5.41) is 12.7. The smallest absolute Gasteiger partial charge is 0.316 e. The fourth-order valence-corrected chi connectivity index (χ4v) is 4.72. The normalized spacial score (nSPS) is 24.0. The highest BCUT2D eigenvalue weighted by Gasteiger charge is 2.53. The first-order valence-electron chi connectivity index (χ1n) is 7.77. The number of halogens is 1. The van der Waals surface area contributed by atoms with Crippen molar-refractivity contribution in [2.45, 2.75) is 12.1 Å². The standard InChI is InChI=1S/C18H18BrN2OS/c19-15-9-7-14(8-10-15)18(22)13-20(16-5-2-1-3-6-16)17-21(18)11-4-12-23-17/h1-3,5-10,22H,4,11-13H2/q+1/t18-/m1/s1. The van der Waals surface area contributed by atoms with Gasteiger partial charge >= 0.3 is 5.17 Å². The number of amidine groups is 1. The molecule has 2 aliphatic heterocycles. The van der Waals surface area contributed by atoms with E-state index < -0.39 is 5.72 Å². The summed E-state index contributed by atoms with van der Waals surface area (Å²) in [5.74, 6) is 1.10. The highest BCUT2D eigenvalue weighted by Crippen LogP contribution is 2.37. The van der Waals surface area contributed by atoms with Crippen LogP contribution in [0.15, 0.2) is 59.1 Å². The van der Waals surface area contributed by atoms with Crippen LogP contribution in [0.25, 0.3) is 0 Å². The summed E-state index contributed by atoms with van der Waals surface area (Å²) >= 11 is 5.31. The summed E-state index contributed by atoms with van der Waals surface area (Å²) in [7, 11) is 0. The van der Waals surface area contributed by atoms with Crippen LogP contribution in [0.2, 0.25) is 0 Å². The molecule has 0 spiro atoms. The average Bonchev–Trinajstić information content (AvgIpc) is 2.91. The molecule has 0 amide bonds. The minimum Gasteiger partial charge on any atom is -0.346 e. The first kappa shape index (κ1) is 15.2. The van der Waals surface area contributed by atoms with Gasteiger partial charge in [0.2, 0.25) is 0 Å². The van der Waals surface area contributed by atoms with E-state index in [1.165, 1.54) is 0 Å². The maximum atomic E-state index is 11.5. The van der Waals surface area contributed by atoms with E-state index in [0.29, 0.717) is 6.54 Å². The van der Waals surface area contributed by atoms with Gasteiger partial charge in [-0.2, -0.15) is 0 Å². The van der Waals surface area contributed by atoms with Crippen molar-refractivity contribution in [3.63, 3.8) is 0 Å². The highest BCUT2D eigenvalue weighted by atomic mass is 79.9. The van der Waals surface area contributed by atoms with Gasteiger partial charge in [-0.25, -0.2) is 9.48 Å². The van der Waals surface area contributed by atoms with Gasteiger partial charge in [-0.3, -0.25) is 0 Å². The molecule has 4 rings (SSSR count). The molecule has 3 nitrogen and oxygen atoms in total. The molecule has 1 N–H and O–H groups in total. The second kappa shape index (κ2) is 5.96. The molecule has 0 aliphatic carbocycles.